The van der Waals surface area contributed by atoms with E-state index in [0.29, 0.717) is 11.4 Å². The van der Waals surface area contributed by atoms with Gasteiger partial charge >= 0.3 is 0 Å². The molecule has 110 valence electrons. The zero-order chi connectivity index (χ0) is 15.5. The molecule has 2 rings (SSSR count). The Morgan fingerprint density at radius 1 is 1.14 bits per heavy atom. The number of carbonyl (C=O) groups excluding carboxylic acids is 1. The molecule has 0 radical (unpaired) electrons. The van der Waals surface area contributed by atoms with Crippen LogP contribution in [0.5, 0.6) is 0 Å². The minimum atomic E-state index is -3.23. The van der Waals surface area contributed by atoms with Gasteiger partial charge in [-0.3, -0.25) is 4.79 Å². The molecule has 0 aliphatic rings. The van der Waals surface area contributed by atoms with Gasteiger partial charge in [0.25, 0.3) is 0 Å². The number of nitrogen functional groups attached to an aromatic ring is 1. The summed E-state index contributed by atoms with van der Waals surface area (Å²) in [5.74, 6) is -0.187. The number of amides is 1. The van der Waals surface area contributed by atoms with Gasteiger partial charge in [0.1, 0.15) is 0 Å². The van der Waals surface area contributed by atoms with Crippen LogP contribution < -0.4 is 11.1 Å². The molecule has 3 N–H and O–H groups in total. The summed E-state index contributed by atoms with van der Waals surface area (Å²) in [7, 11) is -3.23. The van der Waals surface area contributed by atoms with Crippen LogP contribution in [-0.2, 0) is 21.1 Å². The number of carbonyl (C=O) groups is 1. The molecule has 0 spiro atoms. The second kappa shape index (κ2) is 5.97. The molecule has 0 aliphatic heterocycles. The van der Waals surface area contributed by atoms with Crippen LogP contribution in [-0.4, -0.2) is 20.6 Å². The molecule has 0 atom stereocenters. The fourth-order valence-electron chi connectivity index (χ4n) is 1.88. The Labute approximate surface area is 123 Å². The maximum absolute atomic E-state index is 11.9. The molecule has 0 saturated carbocycles. The first-order chi connectivity index (χ1) is 9.84. The molecule has 0 bridgehead atoms. The van der Waals surface area contributed by atoms with Crippen molar-refractivity contribution >= 4 is 27.1 Å². The fraction of sp³-hybridized carbons (Fsp3) is 0.133. The average Bonchev–Trinajstić information content (AvgIpc) is 2.38. The lowest BCUT2D eigenvalue weighted by molar-refractivity contribution is -0.115. The van der Waals surface area contributed by atoms with Crippen LogP contribution in [0.25, 0.3) is 0 Å². The van der Waals surface area contributed by atoms with Crippen molar-refractivity contribution in [1.29, 1.82) is 0 Å². The first-order valence-corrected chi connectivity index (χ1v) is 8.18. The minimum absolute atomic E-state index is 0.187. The molecular formula is C15H16N2O3S. The average molecular weight is 304 g/mol. The fourth-order valence-corrected chi connectivity index (χ4v) is 2.51. The van der Waals surface area contributed by atoms with E-state index in [1.807, 2.05) is 6.07 Å². The molecule has 5 nitrogen and oxygen atoms in total. The predicted octanol–water partition coefficient (Wildman–Crippen LogP) is 1.85. The van der Waals surface area contributed by atoms with Gasteiger partial charge in [-0.1, -0.05) is 12.1 Å². The highest BCUT2D eigenvalue weighted by molar-refractivity contribution is 7.90. The van der Waals surface area contributed by atoms with Crippen molar-refractivity contribution in [3.05, 3.63) is 54.1 Å². The summed E-state index contributed by atoms with van der Waals surface area (Å²) in [4.78, 5) is 12.1. The quantitative estimate of drug-likeness (QED) is 0.844. The van der Waals surface area contributed by atoms with Gasteiger partial charge in [-0.15, -0.1) is 0 Å². The number of hydrogen-bond donors (Lipinski definition) is 2. The van der Waals surface area contributed by atoms with E-state index in [4.69, 9.17) is 5.73 Å². The van der Waals surface area contributed by atoms with Crippen molar-refractivity contribution in [3.8, 4) is 0 Å². The van der Waals surface area contributed by atoms with Crippen molar-refractivity contribution in [3.63, 3.8) is 0 Å². The van der Waals surface area contributed by atoms with E-state index >= 15 is 0 Å². The standard InChI is InChI=1S/C15H16N2O3S/c1-21(19,20)14-7-5-13(6-8-14)17-15(18)10-11-3-2-4-12(16)9-11/h2-9H,10,16H2,1H3,(H,17,18). The van der Waals surface area contributed by atoms with E-state index < -0.39 is 9.84 Å². The smallest absolute Gasteiger partial charge is 0.228 e. The normalized spacial score (nSPS) is 11.1. The van der Waals surface area contributed by atoms with Gasteiger partial charge < -0.3 is 11.1 Å². The number of anilines is 2. The first-order valence-electron chi connectivity index (χ1n) is 6.29. The lowest BCUT2D eigenvalue weighted by Gasteiger charge is -2.06. The highest BCUT2D eigenvalue weighted by Gasteiger charge is 2.08. The Hall–Kier alpha value is -2.34. The molecule has 2 aromatic carbocycles. The monoisotopic (exact) mass is 304 g/mol. The van der Waals surface area contributed by atoms with E-state index in [1.165, 1.54) is 12.1 Å². The minimum Gasteiger partial charge on any atom is -0.399 e. The van der Waals surface area contributed by atoms with Crippen molar-refractivity contribution in [2.75, 3.05) is 17.3 Å². The Balaban J connectivity index is 2.03. The third-order valence-corrected chi connectivity index (χ3v) is 4.01. The summed E-state index contributed by atoms with van der Waals surface area (Å²) in [5, 5.41) is 2.71. The molecule has 0 heterocycles. The number of nitrogens with two attached hydrogens (primary N) is 1. The van der Waals surface area contributed by atoms with Crippen LogP contribution in [0.2, 0.25) is 0 Å². The zero-order valence-corrected chi connectivity index (χ0v) is 12.4. The topological polar surface area (TPSA) is 89.3 Å². The molecular weight excluding hydrogens is 288 g/mol. The molecule has 2 aromatic rings. The maximum atomic E-state index is 11.9. The SMILES string of the molecule is CS(=O)(=O)c1ccc(NC(=O)Cc2cccc(N)c2)cc1. The summed E-state index contributed by atoms with van der Waals surface area (Å²) in [6.07, 6.45) is 1.35. The van der Waals surface area contributed by atoms with Gasteiger partial charge in [-0.2, -0.15) is 0 Å². The largest absolute Gasteiger partial charge is 0.399 e. The van der Waals surface area contributed by atoms with Gasteiger partial charge in [-0.05, 0) is 42.0 Å². The van der Waals surface area contributed by atoms with E-state index in [0.717, 1.165) is 11.8 Å². The number of rotatable bonds is 4. The zero-order valence-electron chi connectivity index (χ0n) is 11.5. The maximum Gasteiger partial charge on any atom is 0.228 e. The Morgan fingerprint density at radius 3 is 2.38 bits per heavy atom. The van der Waals surface area contributed by atoms with Crippen LogP contribution in [0, 0.1) is 0 Å². The molecule has 21 heavy (non-hydrogen) atoms. The Morgan fingerprint density at radius 2 is 1.81 bits per heavy atom. The van der Waals surface area contributed by atoms with Crippen LogP contribution in [0.3, 0.4) is 0 Å². The summed E-state index contributed by atoms with van der Waals surface area (Å²) in [5.41, 5.74) is 7.64. The Kier molecular flexibility index (Phi) is 4.28. The van der Waals surface area contributed by atoms with Crippen LogP contribution in [0.4, 0.5) is 11.4 Å². The molecule has 1 amide bonds. The first kappa shape index (κ1) is 15.1. The van der Waals surface area contributed by atoms with Gasteiger partial charge in [0.15, 0.2) is 9.84 Å². The van der Waals surface area contributed by atoms with Crippen molar-refractivity contribution in [2.45, 2.75) is 11.3 Å². The number of hydrogen-bond acceptors (Lipinski definition) is 4. The van der Waals surface area contributed by atoms with Crippen LogP contribution >= 0.6 is 0 Å². The summed E-state index contributed by atoms with van der Waals surface area (Å²) in [6, 6.07) is 13.2. The van der Waals surface area contributed by atoms with Gasteiger partial charge in [0.05, 0.1) is 11.3 Å². The molecule has 6 heteroatoms. The van der Waals surface area contributed by atoms with E-state index in [9.17, 15) is 13.2 Å². The molecule has 0 unspecified atom stereocenters. The van der Waals surface area contributed by atoms with E-state index in [1.54, 1.807) is 30.3 Å². The van der Waals surface area contributed by atoms with E-state index in [-0.39, 0.29) is 17.2 Å². The van der Waals surface area contributed by atoms with Crippen LogP contribution in [0.15, 0.2) is 53.4 Å². The molecule has 0 fully saturated rings. The van der Waals surface area contributed by atoms with Crippen molar-refractivity contribution in [2.24, 2.45) is 0 Å². The number of benzene rings is 2. The lowest BCUT2D eigenvalue weighted by Crippen LogP contribution is -2.14. The number of sulfone groups is 1. The third-order valence-electron chi connectivity index (χ3n) is 2.88. The van der Waals surface area contributed by atoms with Gasteiger partial charge in [-0.25, -0.2) is 8.42 Å². The Bertz CT molecular complexity index is 753. The highest BCUT2D eigenvalue weighted by atomic mass is 32.2. The summed E-state index contributed by atoms with van der Waals surface area (Å²) in [6.45, 7) is 0. The number of nitrogens with one attached hydrogen (secondary N) is 1. The van der Waals surface area contributed by atoms with Gasteiger partial charge in [0.2, 0.25) is 5.91 Å². The molecule has 0 saturated heterocycles. The second-order valence-corrected chi connectivity index (χ2v) is 6.78. The third kappa shape index (κ3) is 4.32. The summed E-state index contributed by atoms with van der Waals surface area (Å²) < 4.78 is 22.7. The summed E-state index contributed by atoms with van der Waals surface area (Å²) >= 11 is 0. The molecule has 0 aliphatic carbocycles. The molecule has 0 aromatic heterocycles. The van der Waals surface area contributed by atoms with E-state index in [2.05, 4.69) is 5.32 Å². The highest BCUT2D eigenvalue weighted by Crippen LogP contribution is 2.14. The van der Waals surface area contributed by atoms with Crippen molar-refractivity contribution in [1.82, 2.24) is 0 Å². The van der Waals surface area contributed by atoms with Crippen LogP contribution in [0.1, 0.15) is 5.56 Å². The van der Waals surface area contributed by atoms with Crippen molar-refractivity contribution < 1.29 is 13.2 Å². The van der Waals surface area contributed by atoms with Gasteiger partial charge in [0, 0.05) is 17.6 Å². The lowest BCUT2D eigenvalue weighted by atomic mass is 10.1. The predicted molar refractivity (Wildman–Crippen MR) is 82.7 cm³/mol. The second-order valence-electron chi connectivity index (χ2n) is 4.77.